The number of aliphatic hydroxyl groups excluding tert-OH is 1. The fourth-order valence-corrected chi connectivity index (χ4v) is 3.82. The molecular weight excluding hydrogens is 258 g/mol. The molecule has 0 fully saturated rings. The minimum Gasteiger partial charge on any atom is -0.386 e. The fraction of sp³-hybridized carbons (Fsp3) is 0.429. The smallest absolute Gasteiger partial charge is 0.105 e. The van der Waals surface area contributed by atoms with E-state index >= 15 is 0 Å². The van der Waals surface area contributed by atoms with E-state index in [2.05, 4.69) is 29.4 Å². The minimum atomic E-state index is -0.530. The summed E-state index contributed by atoms with van der Waals surface area (Å²) in [5.74, 6) is 1.05. The summed E-state index contributed by atoms with van der Waals surface area (Å²) in [4.78, 5) is 1.28. The molecule has 5 heteroatoms. The minimum absolute atomic E-state index is 0.135. The standard InChI is InChI=1S/C14H17N3OS/c1-2-7-17-12(8-15-16-17)14(18)11-9-19-13-6-4-3-5-10(11)13/h3-6,8,11,14,18H,2,7,9H2,1H3. The molecule has 19 heavy (non-hydrogen) atoms. The van der Waals surface area contributed by atoms with Gasteiger partial charge in [-0.15, -0.1) is 16.9 Å². The highest BCUT2D eigenvalue weighted by molar-refractivity contribution is 7.99. The zero-order valence-corrected chi connectivity index (χ0v) is 11.7. The molecule has 0 aliphatic carbocycles. The lowest BCUT2D eigenvalue weighted by molar-refractivity contribution is 0.142. The summed E-state index contributed by atoms with van der Waals surface area (Å²) in [5.41, 5.74) is 2.06. The Hall–Kier alpha value is -1.33. The van der Waals surface area contributed by atoms with Gasteiger partial charge in [-0.3, -0.25) is 0 Å². The third-order valence-corrected chi connectivity index (χ3v) is 4.71. The van der Waals surface area contributed by atoms with Crippen LogP contribution in [0.15, 0.2) is 35.4 Å². The third kappa shape index (κ3) is 2.28. The van der Waals surface area contributed by atoms with Crippen LogP contribution >= 0.6 is 11.8 Å². The Morgan fingerprint density at radius 1 is 1.47 bits per heavy atom. The Balaban J connectivity index is 1.89. The second kappa shape index (κ2) is 5.35. The first-order valence-corrected chi connectivity index (χ1v) is 7.58. The van der Waals surface area contributed by atoms with Crippen molar-refractivity contribution in [1.29, 1.82) is 0 Å². The second-order valence-electron chi connectivity index (χ2n) is 4.78. The number of benzene rings is 1. The normalized spacial score (nSPS) is 19.4. The van der Waals surface area contributed by atoms with E-state index in [1.807, 2.05) is 28.6 Å². The van der Waals surface area contributed by atoms with Crippen molar-refractivity contribution in [2.24, 2.45) is 0 Å². The molecule has 2 aromatic rings. The van der Waals surface area contributed by atoms with Crippen molar-refractivity contribution < 1.29 is 5.11 Å². The van der Waals surface area contributed by atoms with Crippen LogP contribution in [-0.4, -0.2) is 25.9 Å². The third-order valence-electron chi connectivity index (χ3n) is 3.50. The highest BCUT2D eigenvalue weighted by atomic mass is 32.2. The average molecular weight is 275 g/mol. The monoisotopic (exact) mass is 275 g/mol. The first-order valence-electron chi connectivity index (χ1n) is 6.59. The Morgan fingerprint density at radius 3 is 3.16 bits per heavy atom. The highest BCUT2D eigenvalue weighted by Gasteiger charge is 2.31. The number of aliphatic hydroxyl groups is 1. The Labute approximate surface area is 116 Å². The number of fused-ring (bicyclic) bond motifs is 1. The number of thioether (sulfide) groups is 1. The fourth-order valence-electron chi connectivity index (χ4n) is 2.54. The van der Waals surface area contributed by atoms with E-state index in [4.69, 9.17) is 0 Å². The number of hydrogen-bond donors (Lipinski definition) is 1. The topological polar surface area (TPSA) is 50.9 Å². The summed E-state index contributed by atoms with van der Waals surface area (Å²) in [7, 11) is 0. The quantitative estimate of drug-likeness (QED) is 0.932. The highest BCUT2D eigenvalue weighted by Crippen LogP contribution is 2.45. The molecule has 2 heterocycles. The number of nitrogens with zero attached hydrogens (tertiary/aromatic N) is 3. The molecule has 0 radical (unpaired) electrons. The summed E-state index contributed by atoms with van der Waals surface area (Å²) in [6.45, 7) is 2.90. The summed E-state index contributed by atoms with van der Waals surface area (Å²) < 4.78 is 1.82. The largest absolute Gasteiger partial charge is 0.386 e. The maximum atomic E-state index is 10.6. The van der Waals surface area contributed by atoms with Crippen LogP contribution < -0.4 is 0 Å². The molecule has 4 nitrogen and oxygen atoms in total. The van der Waals surface area contributed by atoms with E-state index in [1.165, 1.54) is 10.5 Å². The van der Waals surface area contributed by atoms with E-state index in [-0.39, 0.29) is 5.92 Å². The van der Waals surface area contributed by atoms with Gasteiger partial charge in [-0.1, -0.05) is 30.3 Å². The van der Waals surface area contributed by atoms with Crippen molar-refractivity contribution in [3.63, 3.8) is 0 Å². The van der Waals surface area contributed by atoms with E-state index < -0.39 is 6.10 Å². The van der Waals surface area contributed by atoms with Crippen LogP contribution in [0.1, 0.15) is 36.6 Å². The molecule has 0 saturated heterocycles. The lowest BCUT2D eigenvalue weighted by Crippen LogP contribution is -2.16. The van der Waals surface area contributed by atoms with Gasteiger partial charge in [0.1, 0.15) is 6.10 Å². The van der Waals surface area contributed by atoms with Gasteiger partial charge in [0.15, 0.2) is 0 Å². The number of rotatable bonds is 4. The van der Waals surface area contributed by atoms with Crippen LogP contribution in [0.5, 0.6) is 0 Å². The molecule has 100 valence electrons. The predicted molar refractivity (Wildman–Crippen MR) is 75.2 cm³/mol. The maximum absolute atomic E-state index is 10.6. The number of aromatic nitrogens is 3. The SMILES string of the molecule is CCCn1nncc1C(O)C1CSc2ccccc21. The molecule has 0 saturated carbocycles. The molecule has 1 aliphatic rings. The summed E-state index contributed by atoms with van der Waals surface area (Å²) in [6.07, 6.45) is 2.14. The van der Waals surface area contributed by atoms with Crippen LogP contribution in [0.3, 0.4) is 0 Å². The summed E-state index contributed by atoms with van der Waals surface area (Å²) in [5, 5.41) is 18.6. The van der Waals surface area contributed by atoms with Crippen molar-refractivity contribution >= 4 is 11.8 Å². The van der Waals surface area contributed by atoms with Crippen molar-refractivity contribution in [1.82, 2.24) is 15.0 Å². The van der Waals surface area contributed by atoms with Crippen molar-refractivity contribution in [3.05, 3.63) is 41.7 Å². The Kier molecular flexibility index (Phi) is 3.57. The van der Waals surface area contributed by atoms with Gasteiger partial charge >= 0.3 is 0 Å². The van der Waals surface area contributed by atoms with Gasteiger partial charge in [-0.05, 0) is 18.1 Å². The van der Waals surface area contributed by atoms with Gasteiger partial charge in [0, 0.05) is 23.1 Å². The molecule has 2 atom stereocenters. The van der Waals surface area contributed by atoms with Crippen LogP contribution in [-0.2, 0) is 6.54 Å². The molecule has 1 aromatic carbocycles. The number of hydrogen-bond acceptors (Lipinski definition) is 4. The Morgan fingerprint density at radius 2 is 2.32 bits per heavy atom. The van der Waals surface area contributed by atoms with Crippen LogP contribution in [0.2, 0.25) is 0 Å². The molecule has 0 spiro atoms. The van der Waals surface area contributed by atoms with Gasteiger partial charge in [-0.25, -0.2) is 4.68 Å². The summed E-state index contributed by atoms with van der Waals surface area (Å²) >= 11 is 1.81. The van der Waals surface area contributed by atoms with Gasteiger partial charge < -0.3 is 5.11 Å². The molecule has 1 aromatic heterocycles. The molecular formula is C14H17N3OS. The first kappa shape index (κ1) is 12.7. The zero-order valence-electron chi connectivity index (χ0n) is 10.9. The lowest BCUT2D eigenvalue weighted by atomic mass is 9.94. The van der Waals surface area contributed by atoms with Gasteiger partial charge in [0.05, 0.1) is 11.9 Å². The molecule has 1 N–H and O–H groups in total. The van der Waals surface area contributed by atoms with E-state index in [1.54, 1.807) is 6.20 Å². The van der Waals surface area contributed by atoms with Gasteiger partial charge in [0.25, 0.3) is 0 Å². The van der Waals surface area contributed by atoms with Crippen molar-refractivity contribution in [3.8, 4) is 0 Å². The zero-order chi connectivity index (χ0) is 13.2. The van der Waals surface area contributed by atoms with E-state index in [0.29, 0.717) is 0 Å². The summed E-state index contributed by atoms with van der Waals surface area (Å²) in [6, 6.07) is 8.31. The molecule has 2 unspecified atom stereocenters. The number of aryl methyl sites for hydroxylation is 1. The first-order chi connectivity index (χ1) is 9.31. The predicted octanol–water partition coefficient (Wildman–Crippen LogP) is 2.61. The molecule has 0 bridgehead atoms. The molecule has 3 rings (SSSR count). The van der Waals surface area contributed by atoms with Crippen LogP contribution in [0.25, 0.3) is 0 Å². The second-order valence-corrected chi connectivity index (χ2v) is 5.84. The average Bonchev–Trinajstić information content (AvgIpc) is 3.04. The molecule has 0 amide bonds. The van der Waals surface area contributed by atoms with Crippen molar-refractivity contribution in [2.45, 2.75) is 36.8 Å². The van der Waals surface area contributed by atoms with Gasteiger partial charge in [0.2, 0.25) is 0 Å². The lowest BCUT2D eigenvalue weighted by Gasteiger charge is -2.19. The van der Waals surface area contributed by atoms with E-state index in [0.717, 1.165) is 24.4 Å². The van der Waals surface area contributed by atoms with E-state index in [9.17, 15) is 5.11 Å². The van der Waals surface area contributed by atoms with Crippen LogP contribution in [0.4, 0.5) is 0 Å². The Bertz CT molecular complexity index is 569. The maximum Gasteiger partial charge on any atom is 0.105 e. The molecule has 1 aliphatic heterocycles. The van der Waals surface area contributed by atoms with Crippen molar-refractivity contribution in [2.75, 3.05) is 5.75 Å². The van der Waals surface area contributed by atoms with Crippen LogP contribution in [0, 0.1) is 0 Å². The van der Waals surface area contributed by atoms with Gasteiger partial charge in [-0.2, -0.15) is 0 Å².